The molecule has 7 nitrogen and oxygen atoms in total. The number of benzene rings is 1. The van der Waals surface area contributed by atoms with E-state index in [4.69, 9.17) is 15.2 Å². The Kier molecular flexibility index (Phi) is 5.89. The summed E-state index contributed by atoms with van der Waals surface area (Å²) >= 11 is 0. The summed E-state index contributed by atoms with van der Waals surface area (Å²) in [7, 11) is 1.49. The lowest BCUT2D eigenvalue weighted by Crippen LogP contribution is -2.16. The van der Waals surface area contributed by atoms with Crippen molar-refractivity contribution >= 4 is 5.82 Å². The molecule has 1 aromatic heterocycles. The number of nitrogens with two attached hydrogens (primary N) is 1. The fourth-order valence-electron chi connectivity index (χ4n) is 2.76. The Labute approximate surface area is 157 Å². The minimum atomic E-state index is -0.657. The summed E-state index contributed by atoms with van der Waals surface area (Å²) < 4.78 is 11.3. The van der Waals surface area contributed by atoms with E-state index in [-0.39, 0.29) is 28.6 Å². The van der Waals surface area contributed by atoms with Gasteiger partial charge >= 0.3 is 0 Å². The van der Waals surface area contributed by atoms with E-state index in [9.17, 15) is 15.3 Å². The Hall–Kier alpha value is -3.71. The molecule has 0 saturated heterocycles. The second-order valence-corrected chi connectivity index (χ2v) is 6.04. The molecule has 3 N–H and O–H groups in total. The van der Waals surface area contributed by atoms with Crippen LogP contribution in [0.5, 0.6) is 11.5 Å². The van der Waals surface area contributed by atoms with Crippen LogP contribution in [0, 0.1) is 22.7 Å². The number of nitrogens with zero attached hydrogens (tertiary/aromatic N) is 2. The Morgan fingerprint density at radius 1 is 1.30 bits per heavy atom. The standard InChI is InChI=1S/C20H20N4O3/c1-5-6-12-7-13(8-16(26-4)18(12)27-11(2)3)17-14(9-21)19(23)24-20(25)15(17)10-22/h5,7-8,11H,1,6H2,2-4H3,(H3,23,24,25). The summed E-state index contributed by atoms with van der Waals surface area (Å²) in [6.07, 6.45) is 2.08. The number of anilines is 1. The molecule has 0 amide bonds. The first-order valence-electron chi connectivity index (χ1n) is 8.22. The topological polar surface area (TPSA) is 125 Å². The fraction of sp³-hybridized carbons (Fsp3) is 0.250. The molecule has 0 spiro atoms. The summed E-state index contributed by atoms with van der Waals surface area (Å²) in [5, 5.41) is 19.0. The van der Waals surface area contributed by atoms with E-state index in [1.165, 1.54) is 7.11 Å². The van der Waals surface area contributed by atoms with Crippen molar-refractivity contribution in [2.45, 2.75) is 26.4 Å². The second kappa shape index (κ2) is 8.11. The van der Waals surface area contributed by atoms with Gasteiger partial charge in [-0.05, 0) is 38.0 Å². The van der Waals surface area contributed by atoms with Crippen molar-refractivity contribution in [1.82, 2.24) is 4.98 Å². The van der Waals surface area contributed by atoms with Crippen LogP contribution in [0.15, 0.2) is 29.6 Å². The number of nitriles is 2. The van der Waals surface area contributed by atoms with Crippen molar-refractivity contribution in [2.75, 3.05) is 12.8 Å². The molecule has 2 rings (SSSR count). The molecule has 7 heteroatoms. The van der Waals surface area contributed by atoms with Gasteiger partial charge in [-0.3, -0.25) is 4.79 Å². The number of H-pyrrole nitrogens is 1. The number of rotatable bonds is 6. The molecule has 138 valence electrons. The highest BCUT2D eigenvalue weighted by atomic mass is 16.5. The molecule has 1 aromatic carbocycles. The largest absolute Gasteiger partial charge is 0.493 e. The molecule has 0 aliphatic rings. The molecule has 0 radical (unpaired) electrons. The quantitative estimate of drug-likeness (QED) is 0.759. The first-order valence-corrected chi connectivity index (χ1v) is 8.22. The van der Waals surface area contributed by atoms with Crippen molar-refractivity contribution < 1.29 is 9.47 Å². The highest BCUT2D eigenvalue weighted by Crippen LogP contribution is 2.39. The second-order valence-electron chi connectivity index (χ2n) is 6.04. The molecule has 0 aliphatic heterocycles. The zero-order chi connectivity index (χ0) is 20.1. The minimum Gasteiger partial charge on any atom is -0.493 e. The maximum Gasteiger partial charge on any atom is 0.268 e. The fourth-order valence-corrected chi connectivity index (χ4v) is 2.76. The Bertz CT molecular complexity index is 1020. The molecular weight excluding hydrogens is 344 g/mol. The van der Waals surface area contributed by atoms with Gasteiger partial charge in [-0.25, -0.2) is 0 Å². The molecule has 0 saturated carbocycles. The summed E-state index contributed by atoms with van der Waals surface area (Å²) in [6.45, 7) is 7.54. The van der Waals surface area contributed by atoms with Crippen LogP contribution in [0.25, 0.3) is 11.1 Å². The first-order chi connectivity index (χ1) is 12.9. The number of allylic oxidation sites excluding steroid dienone is 1. The molecular formula is C20H20N4O3. The number of hydrogen-bond acceptors (Lipinski definition) is 6. The van der Waals surface area contributed by atoms with Crippen LogP contribution in [-0.4, -0.2) is 18.2 Å². The Morgan fingerprint density at radius 3 is 2.48 bits per heavy atom. The van der Waals surface area contributed by atoms with Gasteiger partial charge in [-0.1, -0.05) is 6.08 Å². The third-order valence-electron chi connectivity index (χ3n) is 3.83. The van der Waals surface area contributed by atoms with E-state index in [2.05, 4.69) is 11.6 Å². The highest BCUT2D eigenvalue weighted by Gasteiger charge is 2.22. The van der Waals surface area contributed by atoms with E-state index >= 15 is 0 Å². The van der Waals surface area contributed by atoms with E-state index < -0.39 is 5.56 Å². The number of aromatic nitrogens is 1. The van der Waals surface area contributed by atoms with Crippen molar-refractivity contribution in [3.05, 3.63) is 51.8 Å². The van der Waals surface area contributed by atoms with Crippen molar-refractivity contribution in [3.63, 3.8) is 0 Å². The van der Waals surface area contributed by atoms with E-state index in [1.54, 1.807) is 18.2 Å². The van der Waals surface area contributed by atoms with Crippen LogP contribution in [0.4, 0.5) is 5.82 Å². The lowest BCUT2D eigenvalue weighted by atomic mass is 9.94. The van der Waals surface area contributed by atoms with Crippen LogP contribution in [0.2, 0.25) is 0 Å². The van der Waals surface area contributed by atoms with Gasteiger partial charge in [0.25, 0.3) is 5.56 Å². The van der Waals surface area contributed by atoms with Gasteiger partial charge in [0.15, 0.2) is 11.5 Å². The molecule has 0 fully saturated rings. The molecule has 2 aromatic rings. The average Bonchev–Trinajstić information content (AvgIpc) is 2.62. The van der Waals surface area contributed by atoms with Crippen LogP contribution >= 0.6 is 0 Å². The smallest absolute Gasteiger partial charge is 0.268 e. The third kappa shape index (κ3) is 3.78. The lowest BCUT2D eigenvalue weighted by Gasteiger charge is -2.19. The van der Waals surface area contributed by atoms with Crippen LogP contribution in [0.1, 0.15) is 30.5 Å². The number of ether oxygens (including phenoxy) is 2. The molecule has 0 bridgehead atoms. The van der Waals surface area contributed by atoms with Gasteiger partial charge in [-0.2, -0.15) is 10.5 Å². The molecule has 0 aliphatic carbocycles. The van der Waals surface area contributed by atoms with Gasteiger partial charge in [0.2, 0.25) is 0 Å². The number of pyridine rings is 1. The predicted octanol–water partition coefficient (Wildman–Crippen LogP) is 2.89. The molecule has 0 unspecified atom stereocenters. The SMILES string of the molecule is C=CCc1cc(-c2c(C#N)c(N)[nH]c(=O)c2C#N)cc(OC)c1OC(C)C. The monoisotopic (exact) mass is 364 g/mol. The molecule has 1 heterocycles. The molecule has 0 atom stereocenters. The van der Waals surface area contributed by atoms with Gasteiger partial charge in [0, 0.05) is 11.1 Å². The van der Waals surface area contributed by atoms with Gasteiger partial charge < -0.3 is 20.2 Å². The van der Waals surface area contributed by atoms with E-state index in [1.807, 2.05) is 26.0 Å². The van der Waals surface area contributed by atoms with Crippen molar-refractivity contribution in [3.8, 4) is 34.8 Å². The van der Waals surface area contributed by atoms with Gasteiger partial charge in [-0.15, -0.1) is 6.58 Å². The number of methoxy groups -OCH3 is 1. The first kappa shape index (κ1) is 19.6. The van der Waals surface area contributed by atoms with Crippen molar-refractivity contribution in [1.29, 1.82) is 10.5 Å². The predicted molar refractivity (Wildman–Crippen MR) is 103 cm³/mol. The number of nitrogen functional groups attached to an aromatic ring is 1. The number of aromatic amines is 1. The number of hydrogen-bond donors (Lipinski definition) is 2. The van der Waals surface area contributed by atoms with Crippen LogP contribution in [-0.2, 0) is 6.42 Å². The lowest BCUT2D eigenvalue weighted by molar-refractivity contribution is 0.228. The summed E-state index contributed by atoms with van der Waals surface area (Å²) in [4.78, 5) is 14.5. The van der Waals surface area contributed by atoms with E-state index in [0.29, 0.717) is 23.5 Å². The summed E-state index contributed by atoms with van der Waals surface area (Å²) in [5.74, 6) is 0.874. The van der Waals surface area contributed by atoms with Gasteiger partial charge in [0.1, 0.15) is 29.1 Å². The maximum absolute atomic E-state index is 12.2. The van der Waals surface area contributed by atoms with Gasteiger partial charge in [0.05, 0.1) is 13.2 Å². The molecule has 27 heavy (non-hydrogen) atoms. The Balaban J connectivity index is 2.91. The maximum atomic E-state index is 12.2. The summed E-state index contributed by atoms with van der Waals surface area (Å²) in [5.41, 5.74) is 6.35. The van der Waals surface area contributed by atoms with Crippen LogP contribution < -0.4 is 20.8 Å². The zero-order valence-electron chi connectivity index (χ0n) is 15.4. The zero-order valence-corrected chi connectivity index (χ0v) is 15.4. The minimum absolute atomic E-state index is 0.0234. The normalized spacial score (nSPS) is 10.1. The summed E-state index contributed by atoms with van der Waals surface area (Å²) in [6, 6.07) is 7.19. The van der Waals surface area contributed by atoms with Crippen LogP contribution in [0.3, 0.4) is 0 Å². The highest BCUT2D eigenvalue weighted by molar-refractivity contribution is 5.82. The van der Waals surface area contributed by atoms with Crippen molar-refractivity contribution in [2.24, 2.45) is 0 Å². The number of nitrogens with one attached hydrogen (secondary N) is 1. The third-order valence-corrected chi connectivity index (χ3v) is 3.83. The Morgan fingerprint density at radius 2 is 1.96 bits per heavy atom. The van der Waals surface area contributed by atoms with E-state index in [0.717, 1.165) is 5.56 Å². The average molecular weight is 364 g/mol.